The highest BCUT2D eigenvalue weighted by Crippen LogP contribution is 2.20. The van der Waals surface area contributed by atoms with Crippen LogP contribution in [-0.4, -0.2) is 46.7 Å². The number of ether oxygens (including phenoxy) is 1. The van der Waals surface area contributed by atoms with Crippen LogP contribution in [0.4, 0.5) is 0 Å². The lowest BCUT2D eigenvalue weighted by Crippen LogP contribution is -2.30. The summed E-state index contributed by atoms with van der Waals surface area (Å²) in [5.74, 6) is 1.11. The van der Waals surface area contributed by atoms with Gasteiger partial charge in [0.15, 0.2) is 0 Å². The van der Waals surface area contributed by atoms with Crippen LogP contribution in [0, 0.1) is 5.92 Å². The molecular weight excluding hydrogens is 256 g/mol. The second kappa shape index (κ2) is 7.24. The maximum atomic E-state index is 12.0. The zero-order valence-electron chi connectivity index (χ0n) is 11.9. The normalized spacial score (nSPS) is 19.9. The molecule has 0 aromatic carbocycles. The number of hydrogen-bond acceptors (Lipinski definition) is 4. The summed E-state index contributed by atoms with van der Waals surface area (Å²) in [6.07, 6.45) is 5.12. The van der Waals surface area contributed by atoms with Crippen molar-refractivity contribution < 1.29 is 14.6 Å². The Bertz CT molecular complexity index is 422. The highest BCUT2D eigenvalue weighted by molar-refractivity contribution is 5.76. The minimum Gasteiger partial charge on any atom is -0.492 e. The zero-order chi connectivity index (χ0) is 14.4. The topological polar surface area (TPSA) is 62.7 Å². The van der Waals surface area contributed by atoms with Crippen LogP contribution in [-0.2, 0) is 4.79 Å². The number of hydrogen-bond donors (Lipinski definition) is 1. The zero-order valence-corrected chi connectivity index (χ0v) is 11.9. The van der Waals surface area contributed by atoms with E-state index in [-0.39, 0.29) is 17.9 Å². The number of amides is 1. The summed E-state index contributed by atoms with van der Waals surface area (Å²) in [5, 5.41) is 9.53. The maximum Gasteiger partial charge on any atom is 0.222 e. The van der Waals surface area contributed by atoms with E-state index in [9.17, 15) is 9.90 Å². The fraction of sp³-hybridized carbons (Fsp3) is 0.600. The van der Waals surface area contributed by atoms with Crippen LogP contribution >= 0.6 is 0 Å². The van der Waals surface area contributed by atoms with Gasteiger partial charge in [0.05, 0.1) is 18.9 Å². The molecule has 110 valence electrons. The van der Waals surface area contributed by atoms with Gasteiger partial charge in [0.25, 0.3) is 0 Å². The van der Waals surface area contributed by atoms with Gasteiger partial charge in [-0.15, -0.1) is 0 Å². The van der Waals surface area contributed by atoms with Crippen molar-refractivity contribution in [3.63, 3.8) is 0 Å². The van der Waals surface area contributed by atoms with Gasteiger partial charge in [-0.05, 0) is 31.9 Å². The van der Waals surface area contributed by atoms with Gasteiger partial charge in [-0.3, -0.25) is 9.78 Å². The van der Waals surface area contributed by atoms with Crippen LogP contribution in [0.1, 0.15) is 26.2 Å². The van der Waals surface area contributed by atoms with Crippen LogP contribution in [0.2, 0.25) is 0 Å². The summed E-state index contributed by atoms with van der Waals surface area (Å²) >= 11 is 0. The van der Waals surface area contributed by atoms with Crippen molar-refractivity contribution in [3.05, 3.63) is 24.5 Å². The Morgan fingerprint density at radius 2 is 2.50 bits per heavy atom. The molecule has 0 bridgehead atoms. The fourth-order valence-corrected chi connectivity index (χ4v) is 2.41. The molecule has 0 saturated carbocycles. The first-order valence-electron chi connectivity index (χ1n) is 7.15. The van der Waals surface area contributed by atoms with Gasteiger partial charge in [-0.2, -0.15) is 0 Å². The maximum absolute atomic E-state index is 12.0. The van der Waals surface area contributed by atoms with Crippen LogP contribution in [0.25, 0.3) is 0 Å². The van der Waals surface area contributed by atoms with Crippen molar-refractivity contribution >= 4 is 5.91 Å². The Labute approximate surface area is 119 Å². The third kappa shape index (κ3) is 4.20. The van der Waals surface area contributed by atoms with E-state index >= 15 is 0 Å². The molecule has 2 atom stereocenters. The lowest BCUT2D eigenvalue weighted by atomic mass is 10.0. The van der Waals surface area contributed by atoms with Crippen molar-refractivity contribution in [2.24, 2.45) is 5.92 Å². The van der Waals surface area contributed by atoms with Crippen LogP contribution < -0.4 is 4.74 Å². The Kier molecular flexibility index (Phi) is 5.35. The summed E-state index contributed by atoms with van der Waals surface area (Å²) in [6.45, 7) is 3.75. The molecule has 0 aliphatic carbocycles. The SMILES string of the molecule is CC(O)C1CCN(C(=O)CCCOc2cccnc2)C1. The molecule has 20 heavy (non-hydrogen) atoms. The molecule has 1 fully saturated rings. The van der Waals surface area contributed by atoms with Gasteiger partial charge in [0.2, 0.25) is 5.91 Å². The van der Waals surface area contributed by atoms with E-state index < -0.39 is 0 Å². The second-order valence-electron chi connectivity index (χ2n) is 5.27. The van der Waals surface area contributed by atoms with E-state index in [0.29, 0.717) is 26.0 Å². The molecule has 1 aliphatic heterocycles. The van der Waals surface area contributed by atoms with E-state index in [0.717, 1.165) is 18.7 Å². The lowest BCUT2D eigenvalue weighted by molar-refractivity contribution is -0.130. The second-order valence-corrected chi connectivity index (χ2v) is 5.27. The van der Waals surface area contributed by atoms with Crippen molar-refractivity contribution in [1.82, 2.24) is 9.88 Å². The third-order valence-electron chi connectivity index (χ3n) is 3.70. The third-order valence-corrected chi connectivity index (χ3v) is 3.70. The number of aromatic nitrogens is 1. The minimum atomic E-state index is -0.332. The first-order chi connectivity index (χ1) is 9.66. The van der Waals surface area contributed by atoms with Gasteiger partial charge in [0, 0.05) is 31.6 Å². The molecule has 1 amide bonds. The van der Waals surface area contributed by atoms with Crippen molar-refractivity contribution in [2.75, 3.05) is 19.7 Å². The molecule has 1 N–H and O–H groups in total. The van der Waals surface area contributed by atoms with E-state index in [4.69, 9.17) is 4.74 Å². The van der Waals surface area contributed by atoms with Crippen LogP contribution in [0.3, 0.4) is 0 Å². The summed E-state index contributed by atoms with van der Waals surface area (Å²) in [7, 11) is 0. The van der Waals surface area contributed by atoms with Gasteiger partial charge in [0.1, 0.15) is 5.75 Å². The average Bonchev–Trinajstić information content (AvgIpc) is 2.94. The summed E-state index contributed by atoms with van der Waals surface area (Å²) < 4.78 is 5.51. The van der Waals surface area contributed by atoms with E-state index in [1.165, 1.54) is 0 Å². The summed E-state index contributed by atoms with van der Waals surface area (Å²) in [6, 6.07) is 3.67. The highest BCUT2D eigenvalue weighted by atomic mass is 16.5. The summed E-state index contributed by atoms with van der Waals surface area (Å²) in [5.41, 5.74) is 0. The largest absolute Gasteiger partial charge is 0.492 e. The molecule has 1 saturated heterocycles. The predicted octanol–water partition coefficient (Wildman–Crippen LogP) is 1.47. The highest BCUT2D eigenvalue weighted by Gasteiger charge is 2.28. The molecule has 1 aromatic heterocycles. The quantitative estimate of drug-likeness (QED) is 0.800. The van der Waals surface area contributed by atoms with Crippen molar-refractivity contribution in [2.45, 2.75) is 32.3 Å². The average molecular weight is 278 g/mol. The summed E-state index contributed by atoms with van der Waals surface area (Å²) in [4.78, 5) is 17.8. The van der Waals surface area contributed by atoms with E-state index in [1.54, 1.807) is 19.3 Å². The monoisotopic (exact) mass is 278 g/mol. The number of aliphatic hydroxyl groups excluding tert-OH is 1. The number of likely N-dealkylation sites (tertiary alicyclic amines) is 1. The molecular formula is C15H22N2O3. The Morgan fingerprint density at radius 3 is 3.15 bits per heavy atom. The number of pyridine rings is 1. The molecule has 0 spiro atoms. The van der Waals surface area contributed by atoms with Gasteiger partial charge in [-0.25, -0.2) is 0 Å². The minimum absolute atomic E-state index is 0.155. The van der Waals surface area contributed by atoms with Crippen molar-refractivity contribution in [3.8, 4) is 5.75 Å². The molecule has 5 heteroatoms. The smallest absolute Gasteiger partial charge is 0.222 e. The molecule has 2 unspecified atom stereocenters. The molecule has 1 aromatic rings. The number of nitrogens with zero attached hydrogens (tertiary/aromatic N) is 2. The Hall–Kier alpha value is -1.62. The lowest BCUT2D eigenvalue weighted by Gasteiger charge is -2.17. The Balaban J connectivity index is 1.64. The molecule has 0 radical (unpaired) electrons. The number of carbonyl (C=O) groups is 1. The van der Waals surface area contributed by atoms with Gasteiger partial charge >= 0.3 is 0 Å². The standard InChI is InChI=1S/C15H22N2O3/c1-12(18)13-6-8-17(11-13)15(19)5-3-9-20-14-4-2-7-16-10-14/h2,4,7,10,12-13,18H,3,5-6,8-9,11H2,1H3. The van der Waals surface area contributed by atoms with Crippen LogP contribution in [0.5, 0.6) is 5.75 Å². The van der Waals surface area contributed by atoms with Crippen LogP contribution in [0.15, 0.2) is 24.5 Å². The Morgan fingerprint density at radius 1 is 1.65 bits per heavy atom. The van der Waals surface area contributed by atoms with E-state index in [1.807, 2.05) is 17.0 Å². The number of rotatable bonds is 6. The first-order valence-corrected chi connectivity index (χ1v) is 7.15. The predicted molar refractivity (Wildman–Crippen MR) is 75.3 cm³/mol. The van der Waals surface area contributed by atoms with Gasteiger partial charge in [-0.1, -0.05) is 0 Å². The molecule has 1 aliphatic rings. The molecule has 2 heterocycles. The molecule has 5 nitrogen and oxygen atoms in total. The first kappa shape index (κ1) is 14.8. The molecule has 2 rings (SSSR count). The number of aliphatic hydroxyl groups is 1. The fourth-order valence-electron chi connectivity index (χ4n) is 2.41. The van der Waals surface area contributed by atoms with Gasteiger partial charge < -0.3 is 14.7 Å². The van der Waals surface area contributed by atoms with E-state index in [2.05, 4.69) is 4.98 Å². The number of carbonyl (C=O) groups excluding carboxylic acids is 1. The van der Waals surface area contributed by atoms with Crippen molar-refractivity contribution in [1.29, 1.82) is 0 Å².